The van der Waals surface area contributed by atoms with E-state index in [2.05, 4.69) is 4.98 Å². The number of benzene rings is 1. The van der Waals surface area contributed by atoms with Gasteiger partial charge in [-0.25, -0.2) is 4.90 Å². The molecule has 0 radical (unpaired) electrons. The van der Waals surface area contributed by atoms with Crippen LogP contribution in [0.4, 0.5) is 11.4 Å². The van der Waals surface area contributed by atoms with E-state index in [0.717, 1.165) is 4.90 Å². The number of fused-ring (bicyclic) bond motifs is 1. The Balaban J connectivity index is 2.09. The maximum Gasteiger partial charge on any atom is 0.267 e. The molecule has 6 heteroatoms. The van der Waals surface area contributed by atoms with Gasteiger partial charge in [0, 0.05) is 18.5 Å². The van der Waals surface area contributed by atoms with Crippen molar-refractivity contribution in [3.8, 4) is 5.75 Å². The number of nitrogen functional groups attached to an aromatic ring is 1. The molecular weight excluding hydrogens is 258 g/mol. The van der Waals surface area contributed by atoms with Crippen molar-refractivity contribution in [3.05, 3.63) is 47.8 Å². The van der Waals surface area contributed by atoms with Gasteiger partial charge < -0.3 is 10.5 Å². The van der Waals surface area contributed by atoms with Crippen LogP contribution in [0, 0.1) is 0 Å². The predicted octanol–water partition coefficient (Wildman–Crippen LogP) is 1.47. The molecule has 0 atom stereocenters. The van der Waals surface area contributed by atoms with Gasteiger partial charge in [-0.1, -0.05) is 0 Å². The van der Waals surface area contributed by atoms with Crippen LogP contribution < -0.4 is 15.4 Å². The molecule has 20 heavy (non-hydrogen) atoms. The Kier molecular flexibility index (Phi) is 2.64. The molecule has 0 saturated heterocycles. The van der Waals surface area contributed by atoms with Gasteiger partial charge in [0.2, 0.25) is 0 Å². The van der Waals surface area contributed by atoms with E-state index in [9.17, 15) is 9.59 Å². The fraction of sp³-hybridized carbons (Fsp3) is 0.0714. The SMILES string of the molecule is COc1cc(N2C(=O)c3ccncc3C2=O)ccc1N. The Morgan fingerprint density at radius 1 is 1.15 bits per heavy atom. The summed E-state index contributed by atoms with van der Waals surface area (Å²) in [5.74, 6) is -0.360. The first-order chi connectivity index (χ1) is 9.63. The molecule has 2 amide bonds. The molecule has 3 rings (SSSR count). The first-order valence-electron chi connectivity index (χ1n) is 5.90. The number of amides is 2. The minimum absolute atomic E-state index is 0.299. The highest BCUT2D eigenvalue weighted by Crippen LogP contribution is 2.32. The second-order valence-corrected chi connectivity index (χ2v) is 4.29. The first kappa shape index (κ1) is 12.2. The zero-order valence-corrected chi connectivity index (χ0v) is 10.7. The number of nitrogens with zero attached hydrogens (tertiary/aromatic N) is 2. The lowest BCUT2D eigenvalue weighted by molar-refractivity contribution is 0.0926. The van der Waals surface area contributed by atoms with Gasteiger partial charge in [0.15, 0.2) is 0 Å². The summed E-state index contributed by atoms with van der Waals surface area (Å²) >= 11 is 0. The van der Waals surface area contributed by atoms with Crippen LogP contribution in [0.15, 0.2) is 36.7 Å². The van der Waals surface area contributed by atoms with Crippen LogP contribution in [0.5, 0.6) is 5.75 Å². The zero-order valence-electron chi connectivity index (χ0n) is 10.7. The number of pyridine rings is 1. The Morgan fingerprint density at radius 2 is 1.90 bits per heavy atom. The number of carbonyl (C=O) groups is 2. The minimum atomic E-state index is -0.398. The highest BCUT2D eigenvalue weighted by molar-refractivity contribution is 6.34. The molecule has 2 heterocycles. The molecule has 0 saturated carbocycles. The molecular formula is C14H11N3O3. The largest absolute Gasteiger partial charge is 0.495 e. The Labute approximate surface area is 114 Å². The van der Waals surface area contributed by atoms with Gasteiger partial charge in [-0.3, -0.25) is 14.6 Å². The number of ether oxygens (including phenoxy) is 1. The lowest BCUT2D eigenvalue weighted by Crippen LogP contribution is -2.29. The number of aromatic nitrogens is 1. The van der Waals surface area contributed by atoms with Crippen LogP contribution in [0.25, 0.3) is 0 Å². The summed E-state index contributed by atoms with van der Waals surface area (Å²) in [5.41, 5.74) is 7.23. The molecule has 0 unspecified atom stereocenters. The lowest BCUT2D eigenvalue weighted by Gasteiger charge is -2.15. The third-order valence-electron chi connectivity index (χ3n) is 3.16. The summed E-state index contributed by atoms with van der Waals surface area (Å²) in [6.07, 6.45) is 2.88. The number of anilines is 2. The predicted molar refractivity (Wildman–Crippen MR) is 72.8 cm³/mol. The van der Waals surface area contributed by atoms with Gasteiger partial charge in [0.05, 0.1) is 29.6 Å². The standard InChI is InChI=1S/C14H11N3O3/c1-20-12-6-8(2-3-11(12)15)17-13(18)9-4-5-16-7-10(9)14(17)19/h2-7H,15H2,1H3. The quantitative estimate of drug-likeness (QED) is 0.659. The topological polar surface area (TPSA) is 85.5 Å². The Bertz CT molecular complexity index is 692. The molecule has 0 bridgehead atoms. The minimum Gasteiger partial charge on any atom is -0.495 e. The van der Waals surface area contributed by atoms with Crippen LogP contribution in [-0.2, 0) is 0 Å². The van der Waals surface area contributed by atoms with Crippen molar-refractivity contribution in [2.75, 3.05) is 17.7 Å². The fourth-order valence-corrected chi connectivity index (χ4v) is 2.16. The second kappa shape index (κ2) is 4.34. The van der Waals surface area contributed by atoms with Crippen molar-refractivity contribution in [2.45, 2.75) is 0 Å². The average Bonchev–Trinajstić information content (AvgIpc) is 2.72. The molecule has 100 valence electrons. The molecule has 0 spiro atoms. The number of hydrogen-bond donors (Lipinski definition) is 1. The van der Waals surface area contributed by atoms with E-state index >= 15 is 0 Å². The number of nitrogens with two attached hydrogens (primary N) is 1. The van der Waals surface area contributed by atoms with E-state index in [4.69, 9.17) is 10.5 Å². The Hall–Kier alpha value is -2.89. The third kappa shape index (κ3) is 1.62. The van der Waals surface area contributed by atoms with Gasteiger partial charge in [0.25, 0.3) is 11.8 Å². The van der Waals surface area contributed by atoms with Crippen molar-refractivity contribution in [1.82, 2.24) is 4.98 Å². The molecule has 1 aromatic carbocycles. The van der Waals surface area contributed by atoms with Gasteiger partial charge in [0.1, 0.15) is 5.75 Å². The van der Waals surface area contributed by atoms with Crippen LogP contribution in [0.2, 0.25) is 0 Å². The average molecular weight is 269 g/mol. The van der Waals surface area contributed by atoms with E-state index in [1.165, 1.54) is 25.6 Å². The number of rotatable bonds is 2. The molecule has 2 N–H and O–H groups in total. The smallest absolute Gasteiger partial charge is 0.267 e. The summed E-state index contributed by atoms with van der Waals surface area (Å²) in [7, 11) is 1.47. The first-order valence-corrected chi connectivity index (χ1v) is 5.90. The van der Waals surface area contributed by atoms with E-state index in [-0.39, 0.29) is 5.91 Å². The summed E-state index contributed by atoms with van der Waals surface area (Å²) in [5, 5.41) is 0. The van der Waals surface area contributed by atoms with Gasteiger partial charge in [-0.15, -0.1) is 0 Å². The van der Waals surface area contributed by atoms with Crippen molar-refractivity contribution in [1.29, 1.82) is 0 Å². The molecule has 6 nitrogen and oxygen atoms in total. The van der Waals surface area contributed by atoms with Gasteiger partial charge >= 0.3 is 0 Å². The highest BCUT2D eigenvalue weighted by Gasteiger charge is 2.36. The number of methoxy groups -OCH3 is 1. The van der Waals surface area contributed by atoms with Crippen LogP contribution in [0.1, 0.15) is 20.7 Å². The van der Waals surface area contributed by atoms with E-state index in [1.807, 2.05) is 0 Å². The lowest BCUT2D eigenvalue weighted by atomic mass is 10.2. The monoisotopic (exact) mass is 269 g/mol. The second-order valence-electron chi connectivity index (χ2n) is 4.29. The van der Waals surface area contributed by atoms with Crippen LogP contribution in [-0.4, -0.2) is 23.9 Å². The number of hydrogen-bond acceptors (Lipinski definition) is 5. The number of imide groups is 1. The van der Waals surface area contributed by atoms with E-state index in [0.29, 0.717) is 28.3 Å². The van der Waals surface area contributed by atoms with E-state index in [1.54, 1.807) is 18.2 Å². The summed E-state index contributed by atoms with van der Waals surface area (Å²) < 4.78 is 5.11. The molecule has 1 aromatic heterocycles. The normalized spacial score (nSPS) is 13.6. The maximum atomic E-state index is 12.3. The summed E-state index contributed by atoms with van der Waals surface area (Å²) in [6.45, 7) is 0. The van der Waals surface area contributed by atoms with Crippen molar-refractivity contribution >= 4 is 23.2 Å². The fourth-order valence-electron chi connectivity index (χ4n) is 2.16. The highest BCUT2D eigenvalue weighted by atomic mass is 16.5. The molecule has 0 fully saturated rings. The molecule has 1 aliphatic heterocycles. The van der Waals surface area contributed by atoms with Crippen molar-refractivity contribution < 1.29 is 14.3 Å². The van der Waals surface area contributed by atoms with Crippen LogP contribution >= 0.6 is 0 Å². The van der Waals surface area contributed by atoms with Crippen LogP contribution in [0.3, 0.4) is 0 Å². The Morgan fingerprint density at radius 3 is 2.60 bits per heavy atom. The summed E-state index contributed by atoms with van der Waals surface area (Å²) in [6, 6.07) is 6.29. The molecule has 2 aromatic rings. The van der Waals surface area contributed by atoms with Crippen molar-refractivity contribution in [2.24, 2.45) is 0 Å². The molecule has 1 aliphatic rings. The van der Waals surface area contributed by atoms with E-state index < -0.39 is 5.91 Å². The van der Waals surface area contributed by atoms with Crippen molar-refractivity contribution in [3.63, 3.8) is 0 Å². The van der Waals surface area contributed by atoms with Gasteiger partial charge in [-0.05, 0) is 18.2 Å². The molecule has 0 aliphatic carbocycles. The third-order valence-corrected chi connectivity index (χ3v) is 3.16. The van der Waals surface area contributed by atoms with Gasteiger partial charge in [-0.2, -0.15) is 0 Å². The zero-order chi connectivity index (χ0) is 14.3. The summed E-state index contributed by atoms with van der Waals surface area (Å²) in [4.78, 5) is 29.5. The maximum absolute atomic E-state index is 12.3. The number of carbonyl (C=O) groups excluding carboxylic acids is 2.